The van der Waals surface area contributed by atoms with Crippen LogP contribution in [0.4, 0.5) is 11.4 Å². The highest BCUT2D eigenvalue weighted by Crippen LogP contribution is 2.45. The number of ether oxygens (including phenoxy) is 1. The van der Waals surface area contributed by atoms with Crippen LogP contribution in [0.5, 0.6) is 0 Å². The molecule has 1 heterocycles. The van der Waals surface area contributed by atoms with Crippen molar-refractivity contribution in [2.75, 3.05) is 11.9 Å². The summed E-state index contributed by atoms with van der Waals surface area (Å²) in [5, 5.41) is 6.61. The second-order valence-electron chi connectivity index (χ2n) is 13.7. The van der Waals surface area contributed by atoms with Gasteiger partial charge in [0.25, 0.3) is 0 Å². The first kappa shape index (κ1) is 32.3. The summed E-state index contributed by atoms with van der Waals surface area (Å²) in [6.45, 7) is 12.9. The summed E-state index contributed by atoms with van der Waals surface area (Å²) in [4.78, 5) is 43.4. The summed E-state index contributed by atoms with van der Waals surface area (Å²) < 4.78 is 5.87. The number of amides is 2. The fourth-order valence-electron chi connectivity index (χ4n) is 6.20. The van der Waals surface area contributed by atoms with Crippen molar-refractivity contribution < 1.29 is 19.1 Å². The molecule has 0 aromatic heterocycles. The molecule has 1 fully saturated rings. The number of aryl methyl sites for hydroxylation is 1. The maximum absolute atomic E-state index is 14.1. The van der Waals surface area contributed by atoms with Crippen LogP contribution in [0.2, 0.25) is 0 Å². The molecule has 1 aliphatic heterocycles. The summed E-state index contributed by atoms with van der Waals surface area (Å²) in [6, 6.07) is 15.7. The van der Waals surface area contributed by atoms with Gasteiger partial charge in [-0.15, -0.1) is 0 Å². The van der Waals surface area contributed by atoms with Gasteiger partial charge < -0.3 is 20.3 Å². The molecule has 0 radical (unpaired) electrons. The van der Waals surface area contributed by atoms with Crippen molar-refractivity contribution in [2.45, 2.75) is 98.3 Å². The van der Waals surface area contributed by atoms with Gasteiger partial charge >= 0.3 is 5.97 Å². The highest BCUT2D eigenvalue weighted by Gasteiger charge is 2.51. The molecule has 0 spiro atoms. The molecule has 232 valence electrons. The quantitative estimate of drug-likeness (QED) is 0.229. The lowest BCUT2D eigenvalue weighted by molar-refractivity contribution is -0.173. The van der Waals surface area contributed by atoms with Gasteiger partial charge in [0.15, 0.2) is 0 Å². The summed E-state index contributed by atoms with van der Waals surface area (Å²) in [7, 11) is 0. The van der Waals surface area contributed by atoms with Crippen LogP contribution in [-0.2, 0) is 25.7 Å². The first-order chi connectivity index (χ1) is 20.4. The smallest absolute Gasteiger partial charge is 0.314 e. The molecule has 2 aromatic carbocycles. The SMILES string of the molecule is Cc1ccccc1Nc1cccc(CN2CCCC[C@H](NC(=O)[C@H](CC(C)C)C3(C(=O)OC(C)(C)C)CC=CC3)C2=O)c1. The zero-order valence-electron chi connectivity index (χ0n) is 26.7. The largest absolute Gasteiger partial charge is 0.460 e. The van der Waals surface area contributed by atoms with E-state index in [4.69, 9.17) is 4.74 Å². The Labute approximate surface area is 257 Å². The van der Waals surface area contributed by atoms with E-state index in [0.29, 0.717) is 38.8 Å². The van der Waals surface area contributed by atoms with E-state index < -0.39 is 23.0 Å². The Balaban J connectivity index is 1.50. The molecule has 0 saturated carbocycles. The minimum absolute atomic E-state index is 0.0673. The molecule has 4 rings (SSSR count). The average molecular weight is 588 g/mol. The average Bonchev–Trinajstić information content (AvgIpc) is 3.37. The Morgan fingerprint density at radius 2 is 1.77 bits per heavy atom. The number of para-hydroxylation sites is 1. The van der Waals surface area contributed by atoms with Crippen LogP contribution in [0, 0.1) is 24.2 Å². The molecule has 1 saturated heterocycles. The van der Waals surface area contributed by atoms with Crippen LogP contribution >= 0.6 is 0 Å². The Hall–Kier alpha value is -3.61. The summed E-state index contributed by atoms with van der Waals surface area (Å²) in [5.74, 6) is -1.03. The van der Waals surface area contributed by atoms with Gasteiger partial charge in [0.2, 0.25) is 11.8 Å². The molecule has 2 aliphatic rings. The zero-order valence-corrected chi connectivity index (χ0v) is 26.7. The first-order valence-corrected chi connectivity index (χ1v) is 15.8. The van der Waals surface area contributed by atoms with E-state index >= 15 is 0 Å². The van der Waals surface area contributed by atoms with E-state index in [1.54, 1.807) is 0 Å². The highest BCUT2D eigenvalue weighted by molar-refractivity contribution is 5.92. The number of likely N-dealkylation sites (tertiary alicyclic amines) is 1. The Morgan fingerprint density at radius 3 is 2.44 bits per heavy atom. The molecule has 0 unspecified atom stereocenters. The van der Waals surface area contributed by atoms with Gasteiger partial charge in [-0.1, -0.05) is 56.3 Å². The number of carbonyl (C=O) groups excluding carboxylic acids is 3. The number of allylic oxidation sites excluding steroid dienone is 2. The second kappa shape index (κ2) is 13.8. The van der Waals surface area contributed by atoms with Gasteiger partial charge in [0.1, 0.15) is 11.6 Å². The van der Waals surface area contributed by atoms with Crippen LogP contribution in [0.25, 0.3) is 0 Å². The predicted molar refractivity (Wildman–Crippen MR) is 172 cm³/mol. The maximum atomic E-state index is 14.1. The highest BCUT2D eigenvalue weighted by atomic mass is 16.6. The normalized spacial score (nSPS) is 19.2. The van der Waals surface area contributed by atoms with Crippen LogP contribution in [0.15, 0.2) is 60.7 Å². The molecule has 2 atom stereocenters. The van der Waals surface area contributed by atoms with Gasteiger partial charge in [-0.05, 0) is 101 Å². The molecule has 1 aliphatic carbocycles. The molecular formula is C36H49N3O4. The van der Waals surface area contributed by atoms with Crippen molar-refractivity contribution in [1.29, 1.82) is 0 Å². The number of benzene rings is 2. The van der Waals surface area contributed by atoms with Crippen molar-refractivity contribution in [3.8, 4) is 0 Å². The minimum atomic E-state index is -0.959. The zero-order chi connectivity index (χ0) is 31.2. The molecule has 43 heavy (non-hydrogen) atoms. The Kier molecular flexibility index (Phi) is 10.4. The number of nitrogens with one attached hydrogen (secondary N) is 2. The number of anilines is 2. The lowest BCUT2D eigenvalue weighted by atomic mass is 9.69. The third-order valence-electron chi connectivity index (χ3n) is 8.45. The Morgan fingerprint density at radius 1 is 1.05 bits per heavy atom. The summed E-state index contributed by atoms with van der Waals surface area (Å²) >= 11 is 0. The number of esters is 1. The second-order valence-corrected chi connectivity index (χ2v) is 13.7. The van der Waals surface area contributed by atoms with E-state index in [2.05, 4.69) is 49.6 Å². The monoisotopic (exact) mass is 587 g/mol. The molecule has 7 nitrogen and oxygen atoms in total. The van der Waals surface area contributed by atoms with Crippen LogP contribution in [0.1, 0.15) is 84.3 Å². The number of hydrogen-bond acceptors (Lipinski definition) is 5. The summed E-state index contributed by atoms with van der Waals surface area (Å²) in [6.07, 6.45) is 7.72. The van der Waals surface area contributed by atoms with Gasteiger partial charge in [0.05, 0.1) is 11.3 Å². The number of nitrogens with zero attached hydrogens (tertiary/aromatic N) is 1. The van der Waals surface area contributed by atoms with Gasteiger partial charge in [-0.25, -0.2) is 0 Å². The maximum Gasteiger partial charge on any atom is 0.314 e. The number of hydrogen-bond donors (Lipinski definition) is 2. The van der Waals surface area contributed by atoms with E-state index in [9.17, 15) is 14.4 Å². The van der Waals surface area contributed by atoms with Crippen molar-refractivity contribution in [1.82, 2.24) is 10.2 Å². The van der Waals surface area contributed by atoms with E-state index in [0.717, 1.165) is 35.3 Å². The topological polar surface area (TPSA) is 87.7 Å². The third-order valence-corrected chi connectivity index (χ3v) is 8.45. The van der Waals surface area contributed by atoms with Crippen molar-refractivity contribution >= 4 is 29.2 Å². The van der Waals surface area contributed by atoms with Gasteiger partial charge in [-0.2, -0.15) is 0 Å². The van der Waals surface area contributed by atoms with E-state index in [1.165, 1.54) is 0 Å². The molecule has 2 amide bonds. The first-order valence-electron chi connectivity index (χ1n) is 15.8. The minimum Gasteiger partial charge on any atom is -0.460 e. The van der Waals surface area contributed by atoms with Crippen molar-refractivity contribution in [3.05, 3.63) is 71.8 Å². The lowest BCUT2D eigenvalue weighted by Crippen LogP contribution is -2.53. The van der Waals surface area contributed by atoms with Crippen molar-refractivity contribution in [3.63, 3.8) is 0 Å². The lowest BCUT2D eigenvalue weighted by Gasteiger charge is -2.38. The van der Waals surface area contributed by atoms with Gasteiger partial charge in [0, 0.05) is 24.5 Å². The van der Waals surface area contributed by atoms with E-state index in [-0.39, 0.29) is 23.7 Å². The van der Waals surface area contributed by atoms with Crippen LogP contribution < -0.4 is 10.6 Å². The molecular weight excluding hydrogens is 538 g/mol. The Bertz CT molecular complexity index is 1320. The predicted octanol–water partition coefficient (Wildman–Crippen LogP) is 7.08. The fraction of sp³-hybridized carbons (Fsp3) is 0.528. The summed E-state index contributed by atoms with van der Waals surface area (Å²) in [5.41, 5.74) is 2.58. The molecule has 7 heteroatoms. The molecule has 2 N–H and O–H groups in total. The standard InChI is InChI=1S/C36H49N3O4/c1-25(2)22-29(36(19-10-11-20-36)34(42)43-35(4,5)6)32(40)38-31-18-9-12-21-39(33(31)41)24-27-15-13-16-28(23-27)37-30-17-8-7-14-26(30)3/h7-8,10-11,13-17,23,25,29,31,37H,9,12,18-22,24H2,1-6H3,(H,38,40)/t29-,31-/m0/s1. The fourth-order valence-corrected chi connectivity index (χ4v) is 6.20. The van der Waals surface area contributed by atoms with Gasteiger partial charge in [-0.3, -0.25) is 14.4 Å². The van der Waals surface area contributed by atoms with E-state index in [1.807, 2.05) is 68.2 Å². The molecule has 0 bridgehead atoms. The number of rotatable bonds is 10. The third kappa shape index (κ3) is 8.27. The van der Waals surface area contributed by atoms with Crippen LogP contribution in [-0.4, -0.2) is 40.9 Å². The number of carbonyl (C=O) groups is 3. The van der Waals surface area contributed by atoms with Crippen molar-refractivity contribution in [2.24, 2.45) is 17.3 Å². The molecule has 2 aromatic rings. The van der Waals surface area contributed by atoms with Crippen LogP contribution in [0.3, 0.4) is 0 Å².